The minimum absolute atomic E-state index is 0.829. The molecule has 2 aromatic carbocycles. The maximum atomic E-state index is 4.71. The Morgan fingerprint density at radius 3 is 3.00 bits per heavy atom. The number of H-pyrrole nitrogens is 1. The zero-order chi connectivity index (χ0) is 13.5. The number of nitrogens with one attached hydrogen (secondary N) is 1. The number of aryl methyl sites for hydroxylation is 1. The van der Waals surface area contributed by atoms with E-state index in [0.717, 1.165) is 21.5 Å². The van der Waals surface area contributed by atoms with E-state index in [-0.39, 0.29) is 0 Å². The predicted molar refractivity (Wildman–Crippen MR) is 79.9 cm³/mol. The van der Waals surface area contributed by atoms with Crippen molar-refractivity contribution >= 4 is 38.3 Å². The molecule has 5 nitrogen and oxygen atoms in total. The lowest BCUT2D eigenvalue weighted by molar-refractivity contribution is 0.912. The molecule has 2 aromatic heterocycles. The van der Waals surface area contributed by atoms with Crippen LogP contribution in [0, 0.1) is 0 Å². The quantitative estimate of drug-likeness (QED) is 0.583. The van der Waals surface area contributed by atoms with Crippen molar-refractivity contribution in [1.29, 1.82) is 0 Å². The van der Waals surface area contributed by atoms with E-state index in [1.807, 2.05) is 37.4 Å². The summed E-state index contributed by atoms with van der Waals surface area (Å²) in [4.78, 5) is 5.67. The van der Waals surface area contributed by atoms with Crippen LogP contribution < -0.4 is 4.80 Å². The topological polar surface area (TPSA) is 58.9 Å². The van der Waals surface area contributed by atoms with Crippen molar-refractivity contribution in [2.45, 2.75) is 0 Å². The molecule has 0 saturated heterocycles. The molecule has 0 aliphatic carbocycles. The van der Waals surface area contributed by atoms with Crippen molar-refractivity contribution in [3.05, 3.63) is 47.3 Å². The van der Waals surface area contributed by atoms with E-state index in [0.29, 0.717) is 0 Å². The molecule has 0 unspecified atom stereocenters. The summed E-state index contributed by atoms with van der Waals surface area (Å²) in [5.41, 5.74) is 3.83. The Bertz CT molecular complexity index is 976. The summed E-state index contributed by atoms with van der Waals surface area (Å²) in [5.74, 6) is 0. The van der Waals surface area contributed by atoms with Gasteiger partial charge in [-0.25, -0.2) is 4.99 Å². The fourth-order valence-corrected chi connectivity index (χ4v) is 3.24. The Balaban J connectivity index is 1.94. The zero-order valence-electron chi connectivity index (χ0n) is 10.7. The highest BCUT2D eigenvalue weighted by molar-refractivity contribution is 7.16. The number of nitrogens with zero attached hydrogens (tertiary/aromatic N) is 4. The van der Waals surface area contributed by atoms with Crippen LogP contribution >= 0.6 is 11.3 Å². The largest absolute Gasteiger partial charge is 0.320 e. The molecule has 0 amide bonds. The van der Waals surface area contributed by atoms with Gasteiger partial charge >= 0.3 is 0 Å². The molecular formula is C14H11N5S. The Morgan fingerprint density at radius 1 is 1.20 bits per heavy atom. The molecule has 0 spiro atoms. The molecule has 20 heavy (non-hydrogen) atoms. The monoisotopic (exact) mass is 281 g/mol. The minimum atomic E-state index is 0.829. The Labute approximate surface area is 118 Å². The first-order valence-electron chi connectivity index (χ1n) is 6.21. The van der Waals surface area contributed by atoms with Gasteiger partial charge in [0.1, 0.15) is 5.52 Å². The average Bonchev–Trinajstić information content (AvgIpc) is 3.05. The number of thiazole rings is 1. The van der Waals surface area contributed by atoms with Crippen LogP contribution in [0.2, 0.25) is 0 Å². The minimum Gasteiger partial charge on any atom is -0.320 e. The first-order valence-corrected chi connectivity index (χ1v) is 7.03. The molecular weight excluding hydrogens is 270 g/mol. The molecule has 0 fully saturated rings. The lowest BCUT2D eigenvalue weighted by atomic mass is 10.3. The van der Waals surface area contributed by atoms with Crippen LogP contribution in [0.1, 0.15) is 0 Å². The van der Waals surface area contributed by atoms with Crippen LogP contribution in [0.4, 0.5) is 5.69 Å². The number of para-hydroxylation sites is 1. The smallest absolute Gasteiger partial charge is 0.190 e. The third kappa shape index (κ3) is 1.73. The van der Waals surface area contributed by atoms with Crippen LogP contribution in [0.5, 0.6) is 0 Å². The van der Waals surface area contributed by atoms with E-state index in [4.69, 9.17) is 4.99 Å². The van der Waals surface area contributed by atoms with Crippen molar-refractivity contribution in [3.63, 3.8) is 0 Å². The van der Waals surface area contributed by atoms with Gasteiger partial charge in [-0.3, -0.25) is 5.10 Å². The maximum Gasteiger partial charge on any atom is 0.190 e. The fraction of sp³-hybridized carbons (Fsp3) is 0.0714. The molecule has 0 aliphatic rings. The summed E-state index contributed by atoms with van der Waals surface area (Å²) in [7, 11) is 2.03. The van der Waals surface area contributed by atoms with E-state index in [2.05, 4.69) is 32.1 Å². The van der Waals surface area contributed by atoms with E-state index >= 15 is 0 Å². The molecule has 1 N–H and O–H groups in total. The van der Waals surface area contributed by atoms with Crippen LogP contribution in [0.3, 0.4) is 0 Å². The number of aromatic nitrogens is 4. The van der Waals surface area contributed by atoms with Gasteiger partial charge in [-0.1, -0.05) is 28.7 Å². The Morgan fingerprint density at radius 2 is 2.10 bits per heavy atom. The molecule has 4 aromatic rings. The summed E-state index contributed by atoms with van der Waals surface area (Å²) in [6.07, 6.45) is 0. The van der Waals surface area contributed by atoms with Crippen molar-refractivity contribution in [2.75, 3.05) is 0 Å². The number of benzene rings is 2. The predicted octanol–water partition coefficient (Wildman–Crippen LogP) is 2.74. The molecule has 6 heteroatoms. The Kier molecular flexibility index (Phi) is 2.43. The summed E-state index contributed by atoms with van der Waals surface area (Å²) < 4.78 is 3.34. The molecule has 0 radical (unpaired) electrons. The molecule has 98 valence electrons. The van der Waals surface area contributed by atoms with E-state index in [1.165, 1.54) is 10.2 Å². The van der Waals surface area contributed by atoms with Gasteiger partial charge in [-0.2, -0.15) is 0 Å². The molecule has 0 bridgehead atoms. The highest BCUT2D eigenvalue weighted by atomic mass is 32.1. The molecule has 4 rings (SSSR count). The highest BCUT2D eigenvalue weighted by Crippen LogP contribution is 2.19. The first kappa shape index (κ1) is 11.4. The second-order valence-corrected chi connectivity index (χ2v) is 5.55. The highest BCUT2D eigenvalue weighted by Gasteiger charge is 2.02. The molecule has 2 heterocycles. The maximum absolute atomic E-state index is 4.71. The van der Waals surface area contributed by atoms with Crippen molar-refractivity contribution in [1.82, 2.24) is 20.0 Å². The van der Waals surface area contributed by atoms with Crippen LogP contribution in [-0.2, 0) is 7.05 Å². The van der Waals surface area contributed by atoms with Crippen LogP contribution in [0.25, 0.3) is 21.3 Å². The number of aromatic amines is 1. The van der Waals surface area contributed by atoms with Gasteiger partial charge in [-0.15, -0.1) is 5.10 Å². The third-order valence-electron chi connectivity index (χ3n) is 3.25. The van der Waals surface area contributed by atoms with Crippen LogP contribution in [0.15, 0.2) is 47.5 Å². The van der Waals surface area contributed by atoms with Gasteiger partial charge in [0.15, 0.2) is 4.80 Å². The van der Waals surface area contributed by atoms with Gasteiger partial charge in [0.2, 0.25) is 0 Å². The van der Waals surface area contributed by atoms with Crippen molar-refractivity contribution in [2.24, 2.45) is 12.0 Å². The van der Waals surface area contributed by atoms with Crippen molar-refractivity contribution < 1.29 is 0 Å². The normalized spacial score (nSPS) is 12.6. The van der Waals surface area contributed by atoms with Crippen LogP contribution in [-0.4, -0.2) is 20.0 Å². The SMILES string of the molecule is Cn1/c(=N/c2ccc3[nH]nnc3c2)sc2ccccc21. The molecule has 0 aliphatic heterocycles. The number of hydrogen-bond acceptors (Lipinski definition) is 4. The van der Waals surface area contributed by atoms with Gasteiger partial charge in [0, 0.05) is 7.05 Å². The van der Waals surface area contributed by atoms with E-state index < -0.39 is 0 Å². The van der Waals surface area contributed by atoms with Gasteiger partial charge in [0.05, 0.1) is 21.4 Å². The summed E-state index contributed by atoms with van der Waals surface area (Å²) in [5, 5.41) is 10.6. The van der Waals surface area contributed by atoms with Crippen molar-refractivity contribution in [3.8, 4) is 0 Å². The summed E-state index contributed by atoms with van der Waals surface area (Å²) in [6, 6.07) is 14.1. The summed E-state index contributed by atoms with van der Waals surface area (Å²) >= 11 is 1.68. The number of rotatable bonds is 1. The summed E-state index contributed by atoms with van der Waals surface area (Å²) in [6.45, 7) is 0. The second-order valence-electron chi connectivity index (χ2n) is 4.54. The average molecular weight is 281 g/mol. The molecule has 0 saturated carbocycles. The zero-order valence-corrected chi connectivity index (χ0v) is 11.6. The standard InChI is InChI=1S/C14H11N5S/c1-19-12-4-2-3-5-13(12)20-14(19)15-9-6-7-10-11(8-9)17-18-16-10/h2-8H,1H3,(H,16,17,18)/b15-14-. The van der Waals surface area contributed by atoms with E-state index in [1.54, 1.807) is 11.3 Å². The third-order valence-corrected chi connectivity index (χ3v) is 4.36. The van der Waals surface area contributed by atoms with E-state index in [9.17, 15) is 0 Å². The Hall–Kier alpha value is -2.47. The fourth-order valence-electron chi connectivity index (χ4n) is 2.20. The lowest BCUT2D eigenvalue weighted by Gasteiger charge is -1.95. The first-order chi connectivity index (χ1) is 9.81. The lowest BCUT2D eigenvalue weighted by Crippen LogP contribution is -2.08. The number of fused-ring (bicyclic) bond motifs is 2. The number of hydrogen-bond donors (Lipinski definition) is 1. The van der Waals surface area contributed by atoms with Gasteiger partial charge in [0.25, 0.3) is 0 Å². The molecule has 0 atom stereocenters. The van der Waals surface area contributed by atoms with Gasteiger partial charge < -0.3 is 4.57 Å². The van der Waals surface area contributed by atoms with Gasteiger partial charge in [-0.05, 0) is 30.3 Å². The second kappa shape index (κ2) is 4.28.